The van der Waals surface area contributed by atoms with Gasteiger partial charge in [-0.1, -0.05) is 5.57 Å². The number of allylic oxidation sites excluding steroid dienone is 2. The van der Waals surface area contributed by atoms with Gasteiger partial charge >= 0.3 is 0 Å². The van der Waals surface area contributed by atoms with Crippen molar-refractivity contribution in [2.75, 3.05) is 0 Å². The van der Waals surface area contributed by atoms with E-state index in [0.717, 1.165) is 5.70 Å². The van der Waals surface area contributed by atoms with E-state index < -0.39 is 0 Å². The van der Waals surface area contributed by atoms with Gasteiger partial charge in [-0.25, -0.2) is 0 Å². The molecule has 0 heterocycles. The standard InChI is InChI=1S/C9H18N2/c1-7(2)8(3)10-11-9(4,5)6/h1-6H3. The maximum absolute atomic E-state index is 4.14. The van der Waals surface area contributed by atoms with Crippen LogP contribution in [0.3, 0.4) is 0 Å². The summed E-state index contributed by atoms with van der Waals surface area (Å²) in [5.41, 5.74) is 2.18. The van der Waals surface area contributed by atoms with Crippen molar-refractivity contribution in [2.45, 2.75) is 47.1 Å². The van der Waals surface area contributed by atoms with Crippen LogP contribution in [0.4, 0.5) is 0 Å². The van der Waals surface area contributed by atoms with Crippen molar-refractivity contribution in [1.82, 2.24) is 0 Å². The molecule has 0 spiro atoms. The fourth-order valence-electron chi connectivity index (χ4n) is 0.325. The van der Waals surface area contributed by atoms with E-state index in [1.54, 1.807) is 0 Å². The highest BCUT2D eigenvalue weighted by Gasteiger charge is 2.06. The molecule has 0 saturated carbocycles. The average Bonchev–Trinajstić information content (AvgIpc) is 1.80. The first-order valence-electron chi connectivity index (χ1n) is 3.90. The Morgan fingerprint density at radius 2 is 1.45 bits per heavy atom. The van der Waals surface area contributed by atoms with Crippen molar-refractivity contribution >= 4 is 0 Å². The molecule has 64 valence electrons. The first-order chi connectivity index (χ1) is 4.83. The normalized spacial score (nSPS) is 12.2. The highest BCUT2D eigenvalue weighted by Crippen LogP contribution is 2.11. The summed E-state index contributed by atoms with van der Waals surface area (Å²) in [4.78, 5) is 0. The maximum atomic E-state index is 4.14. The summed E-state index contributed by atoms with van der Waals surface area (Å²) in [5, 5.41) is 8.24. The second kappa shape index (κ2) is 3.65. The molecule has 2 nitrogen and oxygen atoms in total. The second-order valence-electron chi connectivity index (χ2n) is 3.96. The zero-order valence-corrected chi connectivity index (χ0v) is 8.39. The van der Waals surface area contributed by atoms with Crippen molar-refractivity contribution in [3.05, 3.63) is 11.3 Å². The lowest BCUT2D eigenvalue weighted by Crippen LogP contribution is -2.07. The van der Waals surface area contributed by atoms with E-state index in [1.807, 2.05) is 41.5 Å². The SMILES string of the molecule is CC(C)=C(C)N=NC(C)(C)C. The average molecular weight is 154 g/mol. The lowest BCUT2D eigenvalue weighted by atomic mass is 10.1. The minimum Gasteiger partial charge on any atom is -0.183 e. The van der Waals surface area contributed by atoms with Gasteiger partial charge in [0.05, 0.1) is 11.2 Å². The molecule has 0 radical (unpaired) electrons. The molecule has 0 atom stereocenters. The van der Waals surface area contributed by atoms with Gasteiger partial charge in [0, 0.05) is 0 Å². The van der Waals surface area contributed by atoms with Crippen LogP contribution < -0.4 is 0 Å². The minimum absolute atomic E-state index is 0.0588. The van der Waals surface area contributed by atoms with Crippen molar-refractivity contribution in [3.63, 3.8) is 0 Å². The van der Waals surface area contributed by atoms with Crippen molar-refractivity contribution in [1.29, 1.82) is 0 Å². The first kappa shape index (κ1) is 10.3. The summed E-state index contributed by atoms with van der Waals surface area (Å²) < 4.78 is 0. The zero-order valence-electron chi connectivity index (χ0n) is 8.39. The van der Waals surface area contributed by atoms with Crippen LogP contribution in [0.5, 0.6) is 0 Å². The highest BCUT2D eigenvalue weighted by atomic mass is 15.1. The van der Waals surface area contributed by atoms with E-state index in [4.69, 9.17) is 0 Å². The van der Waals surface area contributed by atoms with Crippen LogP contribution >= 0.6 is 0 Å². The van der Waals surface area contributed by atoms with Crippen LogP contribution in [-0.4, -0.2) is 5.54 Å². The van der Waals surface area contributed by atoms with Crippen LogP contribution in [-0.2, 0) is 0 Å². The molecular formula is C9H18N2. The third-order valence-corrected chi connectivity index (χ3v) is 1.22. The fourth-order valence-corrected chi connectivity index (χ4v) is 0.325. The van der Waals surface area contributed by atoms with Crippen LogP contribution in [0.2, 0.25) is 0 Å². The van der Waals surface area contributed by atoms with Gasteiger partial charge < -0.3 is 0 Å². The van der Waals surface area contributed by atoms with Gasteiger partial charge in [-0.15, -0.1) is 0 Å². The number of rotatable bonds is 1. The molecule has 0 amide bonds. The van der Waals surface area contributed by atoms with E-state index in [-0.39, 0.29) is 5.54 Å². The summed E-state index contributed by atoms with van der Waals surface area (Å²) >= 11 is 0. The second-order valence-corrected chi connectivity index (χ2v) is 3.96. The topological polar surface area (TPSA) is 24.7 Å². The summed E-state index contributed by atoms with van der Waals surface area (Å²) in [6.07, 6.45) is 0. The van der Waals surface area contributed by atoms with E-state index in [9.17, 15) is 0 Å². The van der Waals surface area contributed by atoms with Crippen LogP contribution in [0.25, 0.3) is 0 Å². The van der Waals surface area contributed by atoms with Gasteiger partial charge in [-0.05, 0) is 41.5 Å². The Balaban J connectivity index is 4.27. The monoisotopic (exact) mass is 154 g/mol. The van der Waals surface area contributed by atoms with Gasteiger partial charge in [0.25, 0.3) is 0 Å². The van der Waals surface area contributed by atoms with Gasteiger partial charge in [0.2, 0.25) is 0 Å². The molecule has 2 heteroatoms. The van der Waals surface area contributed by atoms with Crippen molar-refractivity contribution in [2.24, 2.45) is 10.2 Å². The van der Waals surface area contributed by atoms with E-state index >= 15 is 0 Å². The molecular weight excluding hydrogens is 136 g/mol. The summed E-state index contributed by atoms with van der Waals surface area (Å²) in [6, 6.07) is 0. The molecule has 0 rings (SSSR count). The van der Waals surface area contributed by atoms with Gasteiger partial charge in [0.1, 0.15) is 0 Å². The molecule has 0 unspecified atom stereocenters. The third kappa shape index (κ3) is 5.77. The van der Waals surface area contributed by atoms with E-state index in [2.05, 4.69) is 10.2 Å². The number of hydrogen-bond donors (Lipinski definition) is 0. The molecule has 0 aliphatic heterocycles. The maximum Gasteiger partial charge on any atom is 0.0736 e. The lowest BCUT2D eigenvalue weighted by Gasteiger charge is -2.08. The van der Waals surface area contributed by atoms with Crippen LogP contribution in [0.1, 0.15) is 41.5 Å². The largest absolute Gasteiger partial charge is 0.183 e. The number of hydrogen-bond acceptors (Lipinski definition) is 2. The Kier molecular flexibility index (Phi) is 3.43. The Morgan fingerprint density at radius 3 is 1.73 bits per heavy atom. The quantitative estimate of drug-likeness (QED) is 0.516. The predicted octanol–water partition coefficient (Wildman–Crippen LogP) is 3.55. The molecule has 0 aromatic carbocycles. The molecule has 0 aromatic rings. The van der Waals surface area contributed by atoms with Crippen molar-refractivity contribution < 1.29 is 0 Å². The molecule has 11 heavy (non-hydrogen) atoms. The zero-order chi connectivity index (χ0) is 9.07. The molecule has 0 saturated heterocycles. The van der Waals surface area contributed by atoms with Gasteiger partial charge in [0.15, 0.2) is 0 Å². The molecule has 0 fully saturated rings. The highest BCUT2D eigenvalue weighted by molar-refractivity contribution is 5.03. The van der Waals surface area contributed by atoms with Gasteiger partial charge in [-0.3, -0.25) is 0 Å². The fraction of sp³-hybridized carbons (Fsp3) is 0.778. The van der Waals surface area contributed by atoms with E-state index in [0.29, 0.717) is 0 Å². The lowest BCUT2D eigenvalue weighted by molar-refractivity contribution is 0.547. The van der Waals surface area contributed by atoms with E-state index in [1.165, 1.54) is 5.57 Å². The molecule has 0 aliphatic rings. The molecule has 0 bridgehead atoms. The Labute approximate surface area is 69.4 Å². The Bertz CT molecular complexity index is 178. The number of nitrogens with zero attached hydrogens (tertiary/aromatic N) is 2. The third-order valence-electron chi connectivity index (χ3n) is 1.22. The molecule has 0 aliphatic carbocycles. The number of azo groups is 1. The molecule has 0 aromatic heterocycles. The minimum atomic E-state index is -0.0588. The van der Waals surface area contributed by atoms with Crippen LogP contribution in [0.15, 0.2) is 21.5 Å². The van der Waals surface area contributed by atoms with Crippen LogP contribution in [0, 0.1) is 0 Å². The Morgan fingerprint density at radius 1 is 1.00 bits per heavy atom. The first-order valence-corrected chi connectivity index (χ1v) is 3.90. The summed E-state index contributed by atoms with van der Waals surface area (Å²) in [7, 11) is 0. The summed E-state index contributed by atoms with van der Waals surface area (Å²) in [5.74, 6) is 0. The Hall–Kier alpha value is -0.660. The molecule has 0 N–H and O–H groups in total. The predicted molar refractivity (Wildman–Crippen MR) is 48.7 cm³/mol. The van der Waals surface area contributed by atoms with Crippen molar-refractivity contribution in [3.8, 4) is 0 Å². The van der Waals surface area contributed by atoms with Gasteiger partial charge in [-0.2, -0.15) is 10.2 Å². The smallest absolute Gasteiger partial charge is 0.0736 e. The summed E-state index contributed by atoms with van der Waals surface area (Å²) in [6.45, 7) is 12.2.